The van der Waals surface area contributed by atoms with E-state index < -0.39 is 0 Å². The van der Waals surface area contributed by atoms with E-state index in [1.807, 2.05) is 24.3 Å². The molecule has 0 bridgehead atoms. The molecule has 1 aliphatic heterocycles. The standard InChI is InChI=1S/C23H26N8O/c1-16-9-12-30(13-14-31(16)22-8-11-26-21(27-22)7-4-10-24)19-15-18(28-29-23(19)25)17-5-2-3-6-20(17)32/h2-3,5-6,8,11,15-16,32H,9-10,12-14,24H2,1H3,(H2,25,29)/t16-/m0/s1. The maximum absolute atomic E-state index is 10.2. The SMILES string of the molecule is C[C@H]1CCN(c2cc(-c3ccccc3O)nnc2N)CCN1c1ccnc(C#CCN)n1. The van der Waals surface area contributed by atoms with Gasteiger partial charge in [0, 0.05) is 37.4 Å². The van der Waals surface area contributed by atoms with Gasteiger partial charge in [0.15, 0.2) is 5.82 Å². The zero-order valence-electron chi connectivity index (χ0n) is 17.9. The van der Waals surface area contributed by atoms with Crippen molar-refractivity contribution in [3.8, 4) is 28.8 Å². The van der Waals surface area contributed by atoms with Gasteiger partial charge in [-0.05, 0) is 43.5 Å². The van der Waals surface area contributed by atoms with Crippen molar-refractivity contribution in [2.75, 3.05) is 41.7 Å². The number of nitrogen functional groups attached to an aromatic ring is 1. The molecule has 2 aromatic heterocycles. The first-order valence-corrected chi connectivity index (χ1v) is 10.5. The zero-order valence-corrected chi connectivity index (χ0v) is 17.9. The second-order valence-electron chi connectivity index (χ2n) is 7.58. The van der Waals surface area contributed by atoms with Crippen LogP contribution in [0.2, 0.25) is 0 Å². The molecule has 1 aliphatic rings. The third-order valence-corrected chi connectivity index (χ3v) is 5.52. The lowest BCUT2D eigenvalue weighted by molar-refractivity contribution is 0.477. The van der Waals surface area contributed by atoms with Crippen LogP contribution in [0, 0.1) is 11.8 Å². The number of aromatic hydroxyl groups is 1. The largest absolute Gasteiger partial charge is 0.507 e. The molecule has 9 heteroatoms. The maximum Gasteiger partial charge on any atom is 0.206 e. The number of anilines is 3. The normalized spacial score (nSPS) is 16.2. The highest BCUT2D eigenvalue weighted by molar-refractivity contribution is 5.74. The van der Waals surface area contributed by atoms with Gasteiger partial charge in [0.2, 0.25) is 5.82 Å². The van der Waals surface area contributed by atoms with Crippen molar-refractivity contribution >= 4 is 17.3 Å². The summed E-state index contributed by atoms with van der Waals surface area (Å²) in [6, 6.07) is 11.1. The first-order chi connectivity index (χ1) is 15.6. The third-order valence-electron chi connectivity index (χ3n) is 5.52. The Morgan fingerprint density at radius 2 is 2.00 bits per heavy atom. The van der Waals surface area contributed by atoms with Crippen molar-refractivity contribution in [2.24, 2.45) is 5.73 Å². The summed E-state index contributed by atoms with van der Waals surface area (Å²) in [5.41, 5.74) is 13.7. The Labute approximate surface area is 187 Å². The van der Waals surface area contributed by atoms with E-state index in [2.05, 4.69) is 48.7 Å². The molecule has 9 nitrogen and oxygen atoms in total. The van der Waals surface area contributed by atoms with Crippen LogP contribution < -0.4 is 21.3 Å². The average molecular weight is 431 g/mol. The average Bonchev–Trinajstić information content (AvgIpc) is 3.00. The van der Waals surface area contributed by atoms with E-state index in [1.165, 1.54) is 0 Å². The number of hydrogen-bond donors (Lipinski definition) is 3. The van der Waals surface area contributed by atoms with Crippen LogP contribution >= 0.6 is 0 Å². The van der Waals surface area contributed by atoms with E-state index in [0.29, 0.717) is 22.9 Å². The number of aromatic nitrogens is 4. The van der Waals surface area contributed by atoms with Gasteiger partial charge in [-0.3, -0.25) is 0 Å². The van der Waals surface area contributed by atoms with Gasteiger partial charge in [-0.1, -0.05) is 18.1 Å². The lowest BCUT2D eigenvalue weighted by Crippen LogP contribution is -2.35. The predicted octanol–water partition coefficient (Wildman–Crippen LogP) is 1.64. The molecule has 1 aromatic carbocycles. The van der Waals surface area contributed by atoms with Crippen LogP contribution in [0.3, 0.4) is 0 Å². The van der Waals surface area contributed by atoms with Gasteiger partial charge < -0.3 is 26.4 Å². The minimum Gasteiger partial charge on any atom is -0.507 e. The Hall–Kier alpha value is -3.90. The summed E-state index contributed by atoms with van der Waals surface area (Å²) in [7, 11) is 0. The van der Waals surface area contributed by atoms with Crippen molar-refractivity contribution in [3.63, 3.8) is 0 Å². The van der Waals surface area contributed by atoms with Gasteiger partial charge in [-0.2, -0.15) is 0 Å². The monoisotopic (exact) mass is 430 g/mol. The fourth-order valence-corrected chi connectivity index (χ4v) is 3.81. The molecule has 3 heterocycles. The smallest absolute Gasteiger partial charge is 0.206 e. The molecule has 0 saturated carbocycles. The van der Waals surface area contributed by atoms with Crippen molar-refractivity contribution < 1.29 is 5.11 Å². The highest BCUT2D eigenvalue weighted by Gasteiger charge is 2.24. The first-order valence-electron chi connectivity index (χ1n) is 10.5. The van der Waals surface area contributed by atoms with Crippen molar-refractivity contribution in [1.29, 1.82) is 0 Å². The second kappa shape index (κ2) is 9.49. The van der Waals surface area contributed by atoms with Crippen LogP contribution in [0.5, 0.6) is 5.75 Å². The summed E-state index contributed by atoms with van der Waals surface area (Å²) in [4.78, 5) is 13.3. The first kappa shape index (κ1) is 21.3. The summed E-state index contributed by atoms with van der Waals surface area (Å²) in [5, 5.41) is 18.5. The van der Waals surface area contributed by atoms with Crippen LogP contribution in [0.25, 0.3) is 11.3 Å². The Bertz CT molecular complexity index is 1160. The van der Waals surface area contributed by atoms with Crippen LogP contribution in [0.1, 0.15) is 19.2 Å². The van der Waals surface area contributed by atoms with Crippen LogP contribution in [-0.2, 0) is 0 Å². The number of benzene rings is 1. The molecule has 32 heavy (non-hydrogen) atoms. The summed E-state index contributed by atoms with van der Waals surface area (Å²) in [5.74, 6) is 7.53. The molecule has 0 aliphatic carbocycles. The van der Waals surface area contributed by atoms with Gasteiger partial charge in [0.1, 0.15) is 11.6 Å². The minimum absolute atomic E-state index is 0.158. The third kappa shape index (κ3) is 4.55. The van der Waals surface area contributed by atoms with Crippen molar-refractivity contribution in [3.05, 3.63) is 48.4 Å². The summed E-state index contributed by atoms with van der Waals surface area (Å²) in [6.07, 6.45) is 2.63. The molecule has 0 amide bonds. The summed E-state index contributed by atoms with van der Waals surface area (Å²) < 4.78 is 0. The molecule has 1 fully saturated rings. The van der Waals surface area contributed by atoms with Gasteiger partial charge in [0.05, 0.1) is 17.9 Å². The quantitative estimate of drug-likeness (QED) is 0.531. The van der Waals surface area contributed by atoms with Crippen molar-refractivity contribution in [1.82, 2.24) is 20.2 Å². The lowest BCUT2D eigenvalue weighted by Gasteiger charge is -2.28. The second-order valence-corrected chi connectivity index (χ2v) is 7.58. The predicted molar refractivity (Wildman–Crippen MR) is 125 cm³/mol. The molecule has 164 valence electrons. The van der Waals surface area contributed by atoms with Crippen LogP contribution in [0.15, 0.2) is 42.6 Å². The highest BCUT2D eigenvalue weighted by atomic mass is 16.3. The molecule has 0 radical (unpaired) electrons. The minimum atomic E-state index is 0.158. The van der Waals surface area contributed by atoms with Gasteiger partial charge in [-0.25, -0.2) is 9.97 Å². The van der Waals surface area contributed by atoms with E-state index in [4.69, 9.17) is 11.5 Å². The molecule has 5 N–H and O–H groups in total. The molecular weight excluding hydrogens is 404 g/mol. The Morgan fingerprint density at radius 1 is 1.16 bits per heavy atom. The molecule has 1 atom stereocenters. The molecular formula is C23H26N8O. The lowest BCUT2D eigenvalue weighted by atomic mass is 10.1. The number of phenols is 1. The van der Waals surface area contributed by atoms with Gasteiger partial charge in [0.25, 0.3) is 0 Å². The topological polar surface area (TPSA) is 130 Å². The summed E-state index contributed by atoms with van der Waals surface area (Å²) >= 11 is 0. The van der Waals surface area contributed by atoms with E-state index in [9.17, 15) is 5.11 Å². The van der Waals surface area contributed by atoms with Crippen LogP contribution in [-0.4, -0.2) is 57.5 Å². The fourth-order valence-electron chi connectivity index (χ4n) is 3.81. The number of phenolic OH excluding ortho intramolecular Hbond substituents is 1. The Balaban J connectivity index is 1.58. The Kier molecular flexibility index (Phi) is 6.33. The van der Waals surface area contributed by atoms with E-state index in [-0.39, 0.29) is 18.3 Å². The van der Waals surface area contributed by atoms with E-state index in [1.54, 1.807) is 18.3 Å². The fraction of sp³-hybridized carbons (Fsp3) is 0.304. The van der Waals surface area contributed by atoms with Gasteiger partial charge >= 0.3 is 0 Å². The molecule has 4 rings (SSSR count). The molecule has 0 spiro atoms. The van der Waals surface area contributed by atoms with Crippen LogP contribution in [0.4, 0.5) is 17.3 Å². The molecule has 3 aromatic rings. The zero-order chi connectivity index (χ0) is 22.5. The highest BCUT2D eigenvalue weighted by Crippen LogP contribution is 2.32. The number of nitrogens with two attached hydrogens (primary N) is 2. The molecule has 0 unspecified atom stereocenters. The number of nitrogens with zero attached hydrogens (tertiary/aromatic N) is 6. The number of para-hydroxylation sites is 1. The van der Waals surface area contributed by atoms with E-state index in [0.717, 1.165) is 37.6 Å². The van der Waals surface area contributed by atoms with Crippen molar-refractivity contribution in [2.45, 2.75) is 19.4 Å². The number of rotatable bonds is 3. The van der Waals surface area contributed by atoms with Gasteiger partial charge in [-0.15, -0.1) is 10.2 Å². The summed E-state index contributed by atoms with van der Waals surface area (Å²) in [6.45, 7) is 4.73. The number of hydrogen-bond acceptors (Lipinski definition) is 9. The Morgan fingerprint density at radius 3 is 2.81 bits per heavy atom. The molecule has 1 saturated heterocycles. The van der Waals surface area contributed by atoms with E-state index >= 15 is 0 Å². The maximum atomic E-state index is 10.2.